The fraction of sp³-hybridized carbons (Fsp3) is 0.500. The minimum Gasteiger partial charge on any atom is -0.397 e. The van der Waals surface area contributed by atoms with E-state index in [2.05, 4.69) is 0 Å². The molecule has 1 heterocycles. The summed E-state index contributed by atoms with van der Waals surface area (Å²) in [4.78, 5) is 10.0. The first kappa shape index (κ1) is 16.1. The number of hydrogen-bond donors (Lipinski definition) is 1. The molecule has 0 amide bonds. The largest absolute Gasteiger partial charge is 0.397 e. The summed E-state index contributed by atoms with van der Waals surface area (Å²) in [5.41, 5.74) is 5.39. The third-order valence-electron chi connectivity index (χ3n) is 3.21. The van der Waals surface area contributed by atoms with Gasteiger partial charge < -0.3 is 5.73 Å². The number of rotatable bonds is 3. The number of thioether (sulfide) groups is 1. The van der Waals surface area contributed by atoms with Crippen LogP contribution < -0.4 is 5.73 Å². The van der Waals surface area contributed by atoms with E-state index in [0.717, 1.165) is 12.1 Å². The van der Waals surface area contributed by atoms with Crippen molar-refractivity contribution in [1.29, 1.82) is 0 Å². The lowest BCUT2D eigenvalue weighted by molar-refractivity contribution is -0.384. The summed E-state index contributed by atoms with van der Waals surface area (Å²) < 4.78 is 26.7. The predicted molar refractivity (Wildman–Crippen MR) is 82.8 cm³/mol. The van der Waals surface area contributed by atoms with Gasteiger partial charge in [0, 0.05) is 35.7 Å². The molecule has 0 spiro atoms. The van der Waals surface area contributed by atoms with Gasteiger partial charge in [0.15, 0.2) is 0 Å². The lowest BCUT2D eigenvalue weighted by atomic mass is 10.3. The maximum atomic E-state index is 12.6. The van der Waals surface area contributed by atoms with Crippen LogP contribution in [0.15, 0.2) is 23.1 Å². The number of nitro groups is 1. The van der Waals surface area contributed by atoms with Crippen LogP contribution in [-0.2, 0) is 10.0 Å². The average Bonchev–Trinajstić information content (AvgIpc) is 2.36. The lowest BCUT2D eigenvalue weighted by Crippen LogP contribution is -2.44. The molecule has 1 aromatic rings. The molecule has 1 aliphatic heterocycles. The van der Waals surface area contributed by atoms with Crippen molar-refractivity contribution in [3.63, 3.8) is 0 Å². The number of nitrogen functional groups attached to an aromatic ring is 1. The second kappa shape index (κ2) is 5.82. The molecule has 9 heteroatoms. The predicted octanol–water partition coefficient (Wildman–Crippen LogP) is 1.69. The first-order valence-electron chi connectivity index (χ1n) is 6.41. The number of non-ortho nitro benzene ring substituents is 1. The van der Waals surface area contributed by atoms with Gasteiger partial charge in [-0.05, 0) is 6.07 Å². The smallest absolute Gasteiger partial charge is 0.271 e. The van der Waals surface area contributed by atoms with Crippen molar-refractivity contribution in [2.24, 2.45) is 0 Å². The van der Waals surface area contributed by atoms with Gasteiger partial charge in [-0.2, -0.15) is 16.1 Å². The number of sulfonamides is 1. The SMILES string of the molecule is CC1CN(S(=O)(=O)c2ccc([N+](=O)[O-])cc2N)CC(C)S1. The van der Waals surface area contributed by atoms with Crippen molar-refractivity contribution in [3.05, 3.63) is 28.3 Å². The average molecular weight is 331 g/mol. The fourth-order valence-corrected chi connectivity index (χ4v) is 5.58. The molecule has 0 radical (unpaired) electrons. The van der Waals surface area contributed by atoms with Gasteiger partial charge in [-0.25, -0.2) is 8.42 Å². The standard InChI is InChI=1S/C12H17N3O4S2/c1-8-6-14(7-9(2)20-8)21(18,19)12-4-3-10(15(16)17)5-11(12)13/h3-5,8-9H,6-7,13H2,1-2H3. The Balaban J connectivity index is 2.37. The highest BCUT2D eigenvalue weighted by Crippen LogP contribution is 2.31. The molecular weight excluding hydrogens is 314 g/mol. The van der Waals surface area contributed by atoms with Gasteiger partial charge >= 0.3 is 0 Å². The molecule has 21 heavy (non-hydrogen) atoms. The van der Waals surface area contributed by atoms with E-state index in [1.54, 1.807) is 11.8 Å². The quantitative estimate of drug-likeness (QED) is 0.513. The van der Waals surface area contributed by atoms with Crippen molar-refractivity contribution in [1.82, 2.24) is 4.31 Å². The van der Waals surface area contributed by atoms with Crippen molar-refractivity contribution in [2.75, 3.05) is 18.8 Å². The van der Waals surface area contributed by atoms with Crippen molar-refractivity contribution >= 4 is 33.2 Å². The molecule has 0 aliphatic carbocycles. The molecule has 0 bridgehead atoms. The van der Waals surface area contributed by atoms with Gasteiger partial charge in [0.25, 0.3) is 5.69 Å². The Bertz CT molecular complexity index is 652. The number of nitrogens with zero attached hydrogens (tertiary/aromatic N) is 2. The minimum absolute atomic E-state index is 0.0700. The molecule has 1 fully saturated rings. The third-order valence-corrected chi connectivity index (χ3v) is 6.34. The Kier molecular flexibility index (Phi) is 4.45. The van der Waals surface area contributed by atoms with Crippen molar-refractivity contribution < 1.29 is 13.3 Å². The Hall–Kier alpha value is -1.32. The van der Waals surface area contributed by atoms with E-state index in [4.69, 9.17) is 5.73 Å². The van der Waals surface area contributed by atoms with Crippen LogP contribution in [0.1, 0.15) is 13.8 Å². The van der Waals surface area contributed by atoms with E-state index in [9.17, 15) is 18.5 Å². The zero-order valence-corrected chi connectivity index (χ0v) is 13.4. The van der Waals surface area contributed by atoms with Crippen molar-refractivity contribution in [2.45, 2.75) is 29.2 Å². The summed E-state index contributed by atoms with van der Waals surface area (Å²) in [6, 6.07) is 3.45. The highest BCUT2D eigenvalue weighted by Gasteiger charge is 2.33. The molecule has 2 unspecified atom stereocenters. The van der Waals surface area contributed by atoms with E-state index in [1.807, 2.05) is 13.8 Å². The van der Waals surface area contributed by atoms with Crippen LogP contribution in [0.3, 0.4) is 0 Å². The molecule has 2 atom stereocenters. The number of benzene rings is 1. The van der Waals surface area contributed by atoms with Gasteiger partial charge in [0.05, 0.1) is 10.6 Å². The summed E-state index contributed by atoms with van der Waals surface area (Å²) in [5, 5.41) is 11.1. The van der Waals surface area contributed by atoms with Gasteiger partial charge in [-0.1, -0.05) is 13.8 Å². The van der Waals surface area contributed by atoms with Gasteiger partial charge in [0.1, 0.15) is 4.90 Å². The van der Waals surface area contributed by atoms with Gasteiger partial charge in [-0.3, -0.25) is 10.1 Å². The van der Waals surface area contributed by atoms with E-state index >= 15 is 0 Å². The number of anilines is 1. The summed E-state index contributed by atoms with van der Waals surface area (Å²) in [5.74, 6) is 0. The third kappa shape index (κ3) is 3.30. The van der Waals surface area contributed by atoms with Crippen LogP contribution in [0.25, 0.3) is 0 Å². The van der Waals surface area contributed by atoms with Gasteiger partial charge in [-0.15, -0.1) is 0 Å². The minimum atomic E-state index is -3.73. The van der Waals surface area contributed by atoms with E-state index in [0.29, 0.717) is 13.1 Å². The number of nitro benzene ring substituents is 1. The maximum absolute atomic E-state index is 12.6. The zero-order valence-electron chi connectivity index (χ0n) is 11.7. The molecule has 7 nitrogen and oxygen atoms in total. The molecule has 1 aromatic carbocycles. The Morgan fingerprint density at radius 2 is 1.90 bits per heavy atom. The fourth-order valence-electron chi connectivity index (χ4n) is 2.35. The Morgan fingerprint density at radius 1 is 1.33 bits per heavy atom. The first-order valence-corrected chi connectivity index (χ1v) is 8.79. The molecule has 0 aromatic heterocycles. The molecular formula is C12H17N3O4S2. The topological polar surface area (TPSA) is 107 Å². The van der Waals surface area contributed by atoms with E-state index in [-0.39, 0.29) is 26.8 Å². The second-order valence-electron chi connectivity index (χ2n) is 5.06. The monoisotopic (exact) mass is 331 g/mol. The van der Waals surface area contributed by atoms with Crippen LogP contribution in [0, 0.1) is 10.1 Å². The lowest BCUT2D eigenvalue weighted by Gasteiger charge is -2.33. The zero-order chi connectivity index (χ0) is 15.8. The summed E-state index contributed by atoms with van der Waals surface area (Å²) in [6.45, 7) is 4.77. The highest BCUT2D eigenvalue weighted by atomic mass is 32.2. The summed E-state index contributed by atoms with van der Waals surface area (Å²) >= 11 is 1.74. The van der Waals surface area contributed by atoms with Crippen LogP contribution in [-0.4, -0.2) is 41.2 Å². The molecule has 1 aliphatic rings. The summed E-state index contributed by atoms with van der Waals surface area (Å²) in [6.07, 6.45) is 0. The summed E-state index contributed by atoms with van der Waals surface area (Å²) in [7, 11) is -3.73. The number of hydrogen-bond acceptors (Lipinski definition) is 6. The molecule has 1 saturated heterocycles. The molecule has 2 rings (SSSR count). The van der Waals surface area contributed by atoms with Crippen LogP contribution >= 0.6 is 11.8 Å². The number of nitrogens with two attached hydrogens (primary N) is 1. The molecule has 116 valence electrons. The van der Waals surface area contributed by atoms with Crippen LogP contribution in [0.5, 0.6) is 0 Å². The molecule has 0 saturated carbocycles. The van der Waals surface area contributed by atoms with Crippen molar-refractivity contribution in [3.8, 4) is 0 Å². The normalized spacial score (nSPS) is 23.9. The maximum Gasteiger partial charge on any atom is 0.271 e. The Morgan fingerprint density at radius 3 is 2.38 bits per heavy atom. The van der Waals surface area contributed by atoms with E-state index < -0.39 is 14.9 Å². The molecule has 2 N–H and O–H groups in total. The van der Waals surface area contributed by atoms with Gasteiger partial charge in [0.2, 0.25) is 10.0 Å². The van der Waals surface area contributed by atoms with Crippen LogP contribution in [0.4, 0.5) is 11.4 Å². The highest BCUT2D eigenvalue weighted by molar-refractivity contribution is 8.00. The van der Waals surface area contributed by atoms with Crippen LogP contribution in [0.2, 0.25) is 0 Å². The second-order valence-corrected chi connectivity index (χ2v) is 8.85. The van der Waals surface area contributed by atoms with E-state index in [1.165, 1.54) is 10.4 Å². The first-order chi connectivity index (χ1) is 9.71. The Labute approximate surface area is 127 Å².